The van der Waals surface area contributed by atoms with Crippen LogP contribution in [0.1, 0.15) is 24.0 Å². The molecule has 0 saturated carbocycles. The van der Waals surface area contributed by atoms with Crippen molar-refractivity contribution in [1.29, 1.82) is 0 Å². The number of tetrazole rings is 1. The van der Waals surface area contributed by atoms with E-state index in [0.29, 0.717) is 18.7 Å². The van der Waals surface area contributed by atoms with Crippen molar-refractivity contribution in [2.45, 2.75) is 32.4 Å². The van der Waals surface area contributed by atoms with Crippen LogP contribution in [0.25, 0.3) is 16.6 Å². The molecule has 0 aliphatic carbocycles. The normalized spacial score (nSPS) is 17.0. The molecule has 4 rings (SSSR count). The zero-order valence-corrected chi connectivity index (χ0v) is 15.6. The van der Waals surface area contributed by atoms with E-state index in [1.165, 1.54) is 7.11 Å². The van der Waals surface area contributed by atoms with Gasteiger partial charge in [0.1, 0.15) is 6.61 Å². The van der Waals surface area contributed by atoms with Crippen molar-refractivity contribution in [2.24, 2.45) is 0 Å². The van der Waals surface area contributed by atoms with Crippen molar-refractivity contribution in [1.82, 2.24) is 24.9 Å². The van der Waals surface area contributed by atoms with Crippen LogP contribution in [-0.4, -0.2) is 63.8 Å². The number of para-hydroxylation sites is 1. The summed E-state index contributed by atoms with van der Waals surface area (Å²) in [5.41, 5.74) is 3.65. The maximum atomic E-state index is 12.6. The molecule has 0 radical (unpaired) electrons. The van der Waals surface area contributed by atoms with Crippen molar-refractivity contribution in [3.63, 3.8) is 0 Å². The summed E-state index contributed by atoms with van der Waals surface area (Å²) in [6, 6.07) is 8.15. The molecule has 3 aromatic rings. The molecular formula is C19H23N5O3. The van der Waals surface area contributed by atoms with Crippen molar-refractivity contribution in [3.8, 4) is 0 Å². The lowest BCUT2D eigenvalue weighted by atomic mass is 10.1. The van der Waals surface area contributed by atoms with Crippen molar-refractivity contribution in [2.75, 3.05) is 26.9 Å². The van der Waals surface area contributed by atoms with E-state index in [9.17, 15) is 4.79 Å². The van der Waals surface area contributed by atoms with Gasteiger partial charge in [0.05, 0.1) is 11.6 Å². The summed E-state index contributed by atoms with van der Waals surface area (Å²) in [5.74, 6) is -0.0667. The number of ether oxygens (including phenoxy) is 2. The number of methoxy groups -OCH3 is 1. The third-order valence-corrected chi connectivity index (χ3v) is 5.00. The Morgan fingerprint density at radius 2 is 2.33 bits per heavy atom. The molecule has 1 saturated heterocycles. The first-order valence-corrected chi connectivity index (χ1v) is 9.15. The lowest BCUT2D eigenvalue weighted by Crippen LogP contribution is -2.39. The number of fused-ring (bicyclic) bond motifs is 3. The molecule has 27 heavy (non-hydrogen) atoms. The standard InChI is InChI=1S/C19H23N5O3/c1-13-5-3-6-14-9-15(19-20-21-22-24(19)18(13)14)10-23(17(25)12-26-2)11-16-7-4-8-27-16/h3,5-6,9,16H,4,7-8,10-12H2,1-2H3/t16-/m0/s1. The molecule has 8 heteroatoms. The van der Waals surface area contributed by atoms with Gasteiger partial charge in [-0.15, -0.1) is 5.10 Å². The Morgan fingerprint density at radius 3 is 3.11 bits per heavy atom. The number of benzene rings is 1. The van der Waals surface area contributed by atoms with E-state index < -0.39 is 0 Å². The molecule has 0 unspecified atom stereocenters. The minimum absolute atomic E-state index is 0.0423. The zero-order valence-electron chi connectivity index (χ0n) is 15.6. The summed E-state index contributed by atoms with van der Waals surface area (Å²) in [6.07, 6.45) is 2.07. The number of pyridine rings is 1. The number of aromatic nitrogens is 4. The van der Waals surface area contributed by atoms with Gasteiger partial charge in [-0.1, -0.05) is 18.2 Å². The first-order valence-electron chi connectivity index (χ1n) is 9.15. The number of hydrogen-bond donors (Lipinski definition) is 0. The summed E-state index contributed by atoms with van der Waals surface area (Å²) in [5, 5.41) is 13.3. The fourth-order valence-corrected chi connectivity index (χ4v) is 3.70. The van der Waals surface area contributed by atoms with Crippen LogP contribution in [0.2, 0.25) is 0 Å². The predicted octanol–water partition coefficient (Wildman–Crippen LogP) is 1.74. The molecule has 142 valence electrons. The SMILES string of the molecule is COCC(=O)N(Cc1cc2cccc(C)c2n2nnnc12)C[C@@H]1CCCO1. The third-order valence-electron chi connectivity index (χ3n) is 5.00. The van der Waals surface area contributed by atoms with E-state index in [-0.39, 0.29) is 18.6 Å². The van der Waals surface area contributed by atoms with E-state index in [1.54, 1.807) is 9.42 Å². The maximum Gasteiger partial charge on any atom is 0.248 e. The quantitative estimate of drug-likeness (QED) is 0.658. The zero-order chi connectivity index (χ0) is 18.8. The highest BCUT2D eigenvalue weighted by Crippen LogP contribution is 2.24. The number of carbonyl (C=O) groups is 1. The second kappa shape index (κ2) is 7.58. The number of hydrogen-bond acceptors (Lipinski definition) is 6. The molecule has 0 bridgehead atoms. The predicted molar refractivity (Wildman–Crippen MR) is 99.3 cm³/mol. The van der Waals surface area contributed by atoms with Crippen LogP contribution in [0.3, 0.4) is 0 Å². The second-order valence-corrected chi connectivity index (χ2v) is 6.94. The van der Waals surface area contributed by atoms with Crippen LogP contribution in [0.15, 0.2) is 24.3 Å². The molecule has 1 aliphatic heterocycles. The molecule has 2 aromatic heterocycles. The highest BCUT2D eigenvalue weighted by Gasteiger charge is 2.24. The smallest absolute Gasteiger partial charge is 0.248 e. The molecule has 1 amide bonds. The largest absolute Gasteiger partial charge is 0.376 e. The number of amides is 1. The van der Waals surface area contributed by atoms with Gasteiger partial charge in [0.2, 0.25) is 5.91 Å². The third kappa shape index (κ3) is 3.50. The molecule has 8 nitrogen and oxygen atoms in total. The van der Waals surface area contributed by atoms with Crippen LogP contribution in [0, 0.1) is 6.92 Å². The van der Waals surface area contributed by atoms with Gasteiger partial charge < -0.3 is 14.4 Å². The minimum Gasteiger partial charge on any atom is -0.376 e. The first-order chi connectivity index (χ1) is 13.2. The van der Waals surface area contributed by atoms with E-state index in [2.05, 4.69) is 21.6 Å². The molecule has 0 spiro atoms. The van der Waals surface area contributed by atoms with Gasteiger partial charge >= 0.3 is 0 Å². The fourth-order valence-electron chi connectivity index (χ4n) is 3.70. The summed E-state index contributed by atoms with van der Waals surface area (Å²) in [6.45, 7) is 3.79. The summed E-state index contributed by atoms with van der Waals surface area (Å²) < 4.78 is 12.6. The van der Waals surface area contributed by atoms with Crippen LogP contribution < -0.4 is 0 Å². The lowest BCUT2D eigenvalue weighted by molar-refractivity contribution is -0.137. The lowest BCUT2D eigenvalue weighted by Gasteiger charge is -2.25. The second-order valence-electron chi connectivity index (χ2n) is 6.94. The van der Waals surface area contributed by atoms with Crippen molar-refractivity contribution < 1.29 is 14.3 Å². The molecule has 1 atom stereocenters. The highest BCUT2D eigenvalue weighted by molar-refractivity contribution is 5.86. The fraction of sp³-hybridized carbons (Fsp3) is 0.474. The van der Waals surface area contributed by atoms with E-state index >= 15 is 0 Å². The number of carbonyl (C=O) groups excluding carboxylic acids is 1. The van der Waals surface area contributed by atoms with Gasteiger partial charge in [0.25, 0.3) is 0 Å². The first kappa shape index (κ1) is 17.8. The summed E-state index contributed by atoms with van der Waals surface area (Å²) >= 11 is 0. The average Bonchev–Trinajstić information content (AvgIpc) is 3.33. The average molecular weight is 369 g/mol. The molecule has 3 heterocycles. The van der Waals surface area contributed by atoms with Gasteiger partial charge in [-0.2, -0.15) is 4.52 Å². The molecular weight excluding hydrogens is 346 g/mol. The topological polar surface area (TPSA) is 81.9 Å². The van der Waals surface area contributed by atoms with Crippen molar-refractivity contribution in [3.05, 3.63) is 35.4 Å². The monoisotopic (exact) mass is 369 g/mol. The van der Waals surface area contributed by atoms with Gasteiger partial charge in [-0.05, 0) is 41.8 Å². The van der Waals surface area contributed by atoms with Crippen LogP contribution in [0.5, 0.6) is 0 Å². The molecule has 1 fully saturated rings. The molecule has 1 aliphatic rings. The summed E-state index contributed by atoms with van der Waals surface area (Å²) in [4.78, 5) is 14.4. The number of aryl methyl sites for hydroxylation is 1. The Bertz CT molecular complexity index is 965. The summed E-state index contributed by atoms with van der Waals surface area (Å²) in [7, 11) is 1.53. The molecule has 1 aromatic carbocycles. The van der Waals surface area contributed by atoms with Gasteiger partial charge in [-0.25, -0.2) is 0 Å². The van der Waals surface area contributed by atoms with Gasteiger partial charge in [-0.3, -0.25) is 4.79 Å². The maximum absolute atomic E-state index is 12.6. The number of nitrogens with zero attached hydrogens (tertiary/aromatic N) is 5. The van der Waals surface area contributed by atoms with Gasteiger partial charge in [0.15, 0.2) is 5.65 Å². The highest BCUT2D eigenvalue weighted by atomic mass is 16.5. The van der Waals surface area contributed by atoms with E-state index in [4.69, 9.17) is 9.47 Å². The van der Waals surface area contributed by atoms with Crippen LogP contribution in [0.4, 0.5) is 0 Å². The van der Waals surface area contributed by atoms with Crippen LogP contribution >= 0.6 is 0 Å². The Hall–Kier alpha value is -2.58. The number of rotatable bonds is 6. The molecule has 0 N–H and O–H groups in total. The Balaban J connectivity index is 1.72. The Kier molecular flexibility index (Phi) is 5.00. The van der Waals surface area contributed by atoms with E-state index in [1.807, 2.05) is 25.1 Å². The Morgan fingerprint density at radius 1 is 1.44 bits per heavy atom. The minimum atomic E-state index is -0.0667. The Labute approximate surface area is 157 Å². The van der Waals surface area contributed by atoms with Crippen molar-refractivity contribution >= 4 is 22.5 Å². The van der Waals surface area contributed by atoms with Gasteiger partial charge in [0, 0.05) is 37.8 Å². The van der Waals surface area contributed by atoms with Crippen LogP contribution in [-0.2, 0) is 20.8 Å². The van der Waals surface area contributed by atoms with E-state index in [0.717, 1.165) is 41.5 Å².